The van der Waals surface area contributed by atoms with Crippen molar-refractivity contribution >= 4 is 10.9 Å². The van der Waals surface area contributed by atoms with Crippen LogP contribution in [-0.2, 0) is 13.6 Å². The van der Waals surface area contributed by atoms with E-state index in [-0.39, 0.29) is 0 Å². The van der Waals surface area contributed by atoms with Crippen LogP contribution in [0.25, 0.3) is 10.9 Å². The van der Waals surface area contributed by atoms with E-state index in [1.54, 1.807) is 0 Å². The summed E-state index contributed by atoms with van der Waals surface area (Å²) in [5.41, 5.74) is 4.31. The molecule has 3 nitrogen and oxygen atoms in total. The van der Waals surface area contributed by atoms with Crippen molar-refractivity contribution in [3.8, 4) is 0 Å². The molecule has 0 bridgehead atoms. The molecule has 0 aliphatic carbocycles. The van der Waals surface area contributed by atoms with Crippen LogP contribution in [0.4, 0.5) is 0 Å². The molecule has 1 aliphatic heterocycles. The fourth-order valence-corrected chi connectivity index (χ4v) is 3.40. The summed E-state index contributed by atoms with van der Waals surface area (Å²) < 4.78 is 2.35. The number of aryl methyl sites for hydroxylation is 1. The van der Waals surface area contributed by atoms with Crippen molar-refractivity contribution in [2.75, 3.05) is 13.6 Å². The number of nitrogens with zero attached hydrogens (tertiary/aromatic N) is 3. The molecule has 3 heteroatoms. The molecular formula is C15H21N3. The second-order valence-corrected chi connectivity index (χ2v) is 5.18. The maximum absolute atomic E-state index is 2.44. The van der Waals surface area contributed by atoms with Crippen molar-refractivity contribution in [3.63, 3.8) is 0 Å². The third kappa shape index (κ3) is 1.44. The van der Waals surface area contributed by atoms with Gasteiger partial charge in [0.15, 0.2) is 0 Å². The summed E-state index contributed by atoms with van der Waals surface area (Å²) in [4.78, 5) is 0. The zero-order chi connectivity index (χ0) is 12.9. The highest BCUT2D eigenvalue weighted by molar-refractivity contribution is 5.86. The number of fused-ring (bicyclic) bond motifs is 3. The van der Waals surface area contributed by atoms with Crippen LogP contribution in [0.3, 0.4) is 0 Å². The third-order valence-corrected chi connectivity index (χ3v) is 4.28. The molecule has 1 atom stereocenters. The van der Waals surface area contributed by atoms with E-state index < -0.39 is 0 Å². The molecule has 3 rings (SSSR count). The Morgan fingerprint density at radius 1 is 1.22 bits per heavy atom. The molecule has 1 aromatic carbocycles. The number of hydrogen-bond acceptors (Lipinski definition) is 2. The lowest BCUT2D eigenvalue weighted by molar-refractivity contribution is -0.0519. The first-order valence-corrected chi connectivity index (χ1v) is 6.69. The van der Waals surface area contributed by atoms with E-state index in [4.69, 9.17) is 0 Å². The Morgan fingerprint density at radius 3 is 2.67 bits per heavy atom. The Labute approximate surface area is 109 Å². The standard InChI is InChI=1S/C15H21N3/c1-5-18-11(2)15-12-8-6-7-9-13(12)17(4)14(15)10-16(18)3/h6-9,11H,5,10H2,1-4H3. The monoisotopic (exact) mass is 243 g/mol. The number of hydrogen-bond donors (Lipinski definition) is 0. The van der Waals surface area contributed by atoms with Gasteiger partial charge in [0.2, 0.25) is 0 Å². The van der Waals surface area contributed by atoms with Crippen molar-refractivity contribution in [1.29, 1.82) is 0 Å². The van der Waals surface area contributed by atoms with Crippen LogP contribution < -0.4 is 0 Å². The van der Waals surface area contributed by atoms with E-state index in [0.29, 0.717) is 6.04 Å². The Bertz CT molecular complexity index is 585. The van der Waals surface area contributed by atoms with Crippen molar-refractivity contribution in [3.05, 3.63) is 35.5 Å². The normalized spacial score (nSPS) is 21.4. The van der Waals surface area contributed by atoms with E-state index in [1.165, 1.54) is 22.2 Å². The Hall–Kier alpha value is -1.32. The van der Waals surface area contributed by atoms with Gasteiger partial charge in [-0.2, -0.15) is 0 Å². The van der Waals surface area contributed by atoms with Crippen molar-refractivity contribution in [2.45, 2.75) is 26.4 Å². The fraction of sp³-hybridized carbons (Fsp3) is 0.467. The summed E-state index contributed by atoms with van der Waals surface area (Å²) in [6.45, 7) is 6.59. The Balaban J connectivity index is 2.27. The van der Waals surface area contributed by atoms with Crippen LogP contribution in [0.5, 0.6) is 0 Å². The van der Waals surface area contributed by atoms with Gasteiger partial charge in [0.25, 0.3) is 0 Å². The van der Waals surface area contributed by atoms with Gasteiger partial charge in [-0.15, -0.1) is 0 Å². The summed E-state index contributed by atoms with van der Waals surface area (Å²) >= 11 is 0. The molecule has 96 valence electrons. The molecule has 0 amide bonds. The molecule has 18 heavy (non-hydrogen) atoms. The van der Waals surface area contributed by atoms with Gasteiger partial charge in [0.1, 0.15) is 0 Å². The van der Waals surface area contributed by atoms with E-state index >= 15 is 0 Å². The van der Waals surface area contributed by atoms with Gasteiger partial charge in [-0.1, -0.05) is 25.1 Å². The minimum atomic E-state index is 0.454. The molecule has 2 aromatic rings. The van der Waals surface area contributed by atoms with Gasteiger partial charge in [-0.05, 0) is 13.0 Å². The maximum Gasteiger partial charge on any atom is 0.0538 e. The van der Waals surface area contributed by atoms with Crippen LogP contribution in [-0.4, -0.2) is 28.2 Å². The molecule has 1 aromatic heterocycles. The van der Waals surface area contributed by atoms with E-state index in [0.717, 1.165) is 13.1 Å². The molecule has 0 spiro atoms. The largest absolute Gasteiger partial charge is 0.346 e. The van der Waals surface area contributed by atoms with Gasteiger partial charge >= 0.3 is 0 Å². The zero-order valence-corrected chi connectivity index (χ0v) is 11.6. The maximum atomic E-state index is 2.44. The lowest BCUT2D eigenvalue weighted by Crippen LogP contribution is -2.44. The van der Waals surface area contributed by atoms with E-state index in [9.17, 15) is 0 Å². The quantitative estimate of drug-likeness (QED) is 0.763. The average Bonchev–Trinajstić information content (AvgIpc) is 2.64. The van der Waals surface area contributed by atoms with E-state index in [1.807, 2.05) is 0 Å². The summed E-state index contributed by atoms with van der Waals surface area (Å²) in [5, 5.41) is 6.19. The molecule has 0 N–H and O–H groups in total. The Kier molecular flexibility index (Phi) is 2.68. The summed E-state index contributed by atoms with van der Waals surface area (Å²) in [6.07, 6.45) is 0. The minimum Gasteiger partial charge on any atom is -0.346 e. The number of hydrazine groups is 1. The molecule has 1 unspecified atom stereocenters. The highest BCUT2D eigenvalue weighted by Crippen LogP contribution is 2.37. The molecule has 0 radical (unpaired) electrons. The minimum absolute atomic E-state index is 0.454. The van der Waals surface area contributed by atoms with Crippen LogP contribution in [0, 0.1) is 0 Å². The first-order valence-electron chi connectivity index (χ1n) is 6.69. The van der Waals surface area contributed by atoms with Gasteiger partial charge in [0, 0.05) is 48.8 Å². The number of para-hydroxylation sites is 1. The van der Waals surface area contributed by atoms with E-state index in [2.05, 4.69) is 66.8 Å². The smallest absolute Gasteiger partial charge is 0.0538 e. The van der Waals surface area contributed by atoms with Gasteiger partial charge < -0.3 is 4.57 Å². The van der Waals surface area contributed by atoms with Gasteiger partial charge in [-0.25, -0.2) is 10.0 Å². The fourth-order valence-electron chi connectivity index (χ4n) is 3.40. The van der Waals surface area contributed by atoms with Crippen LogP contribution >= 0.6 is 0 Å². The summed E-state index contributed by atoms with van der Waals surface area (Å²) in [7, 11) is 4.37. The molecular weight excluding hydrogens is 222 g/mol. The second-order valence-electron chi connectivity index (χ2n) is 5.18. The van der Waals surface area contributed by atoms with Crippen LogP contribution in [0.1, 0.15) is 31.1 Å². The van der Waals surface area contributed by atoms with Crippen molar-refractivity contribution < 1.29 is 0 Å². The van der Waals surface area contributed by atoms with Crippen LogP contribution in [0.15, 0.2) is 24.3 Å². The topological polar surface area (TPSA) is 11.4 Å². The number of rotatable bonds is 1. The Morgan fingerprint density at radius 2 is 1.94 bits per heavy atom. The SMILES string of the molecule is CCN1C(C)c2c(n(C)c3ccccc23)CN1C. The predicted octanol–water partition coefficient (Wildman–Crippen LogP) is 2.92. The summed E-state index contributed by atoms with van der Waals surface area (Å²) in [6, 6.07) is 9.19. The highest BCUT2D eigenvalue weighted by atomic mass is 15.6. The molecule has 0 saturated carbocycles. The zero-order valence-electron chi connectivity index (χ0n) is 11.6. The van der Waals surface area contributed by atoms with Crippen molar-refractivity contribution in [2.24, 2.45) is 7.05 Å². The lowest BCUT2D eigenvalue weighted by atomic mass is 10.0. The van der Waals surface area contributed by atoms with Crippen LogP contribution in [0.2, 0.25) is 0 Å². The third-order valence-electron chi connectivity index (χ3n) is 4.28. The first kappa shape index (κ1) is 11.8. The average molecular weight is 243 g/mol. The summed E-state index contributed by atoms with van der Waals surface area (Å²) in [5.74, 6) is 0. The number of benzene rings is 1. The first-order chi connectivity index (χ1) is 8.65. The molecule has 0 saturated heterocycles. The molecule has 2 heterocycles. The van der Waals surface area contributed by atoms with Gasteiger partial charge in [-0.3, -0.25) is 0 Å². The number of aromatic nitrogens is 1. The molecule has 1 aliphatic rings. The predicted molar refractivity (Wildman–Crippen MR) is 75.2 cm³/mol. The van der Waals surface area contributed by atoms with Gasteiger partial charge in [0.05, 0.1) is 6.54 Å². The molecule has 0 fully saturated rings. The highest BCUT2D eigenvalue weighted by Gasteiger charge is 2.31. The lowest BCUT2D eigenvalue weighted by Gasteiger charge is -2.40. The van der Waals surface area contributed by atoms with Crippen molar-refractivity contribution in [1.82, 2.24) is 14.6 Å². The second kappa shape index (κ2) is 4.11.